The Balaban J connectivity index is 1.69. The Morgan fingerprint density at radius 3 is 2.92 bits per heavy atom. The Hall–Kier alpha value is -1.82. The van der Waals surface area contributed by atoms with Gasteiger partial charge in [-0.15, -0.1) is 0 Å². The van der Waals surface area contributed by atoms with Crippen molar-refractivity contribution in [3.05, 3.63) is 24.3 Å². The van der Waals surface area contributed by atoms with Gasteiger partial charge in [-0.05, 0) is 31.4 Å². The molecule has 128 valence electrons. The fourth-order valence-corrected chi connectivity index (χ4v) is 4.09. The molecule has 2 aromatic rings. The van der Waals surface area contributed by atoms with E-state index in [-0.39, 0.29) is 23.4 Å². The Morgan fingerprint density at radius 1 is 1.46 bits per heavy atom. The van der Waals surface area contributed by atoms with Crippen molar-refractivity contribution in [3.8, 4) is 0 Å². The molecular formula is C18H22N2O3S. The van der Waals surface area contributed by atoms with Crippen LogP contribution in [0.1, 0.15) is 33.6 Å². The van der Waals surface area contributed by atoms with E-state index in [9.17, 15) is 9.59 Å². The monoisotopic (exact) mass is 346 g/mol. The van der Waals surface area contributed by atoms with Gasteiger partial charge in [0.2, 0.25) is 0 Å². The summed E-state index contributed by atoms with van der Waals surface area (Å²) in [6.07, 6.45) is 1.14. The predicted molar refractivity (Wildman–Crippen MR) is 93.9 cm³/mol. The van der Waals surface area contributed by atoms with E-state index in [0.717, 1.165) is 17.5 Å². The summed E-state index contributed by atoms with van der Waals surface area (Å²) in [4.78, 5) is 32.2. The van der Waals surface area contributed by atoms with Gasteiger partial charge in [0.05, 0.1) is 23.2 Å². The normalized spacial score (nSPS) is 23.8. The van der Waals surface area contributed by atoms with Gasteiger partial charge >= 0.3 is 5.97 Å². The maximum absolute atomic E-state index is 12.8. The first kappa shape index (κ1) is 17.0. The standard InChI is InChI=1S/C18H22N2O3S/c1-11(2)8-12-9-16(22)23-18(12,3)15(21)10-24-17-19-13-6-4-5-7-14(13)20-17/h4-7,11-12H,8-10H2,1-3H3,(H,19,20)/t12-,18-/m1/s1. The van der Waals surface area contributed by atoms with E-state index in [1.54, 1.807) is 6.92 Å². The summed E-state index contributed by atoms with van der Waals surface area (Å²) in [5.41, 5.74) is 0.813. The van der Waals surface area contributed by atoms with Crippen LogP contribution in [0.2, 0.25) is 0 Å². The lowest BCUT2D eigenvalue weighted by atomic mass is 9.80. The van der Waals surface area contributed by atoms with Crippen molar-refractivity contribution in [2.75, 3.05) is 5.75 Å². The maximum atomic E-state index is 12.8. The third kappa shape index (κ3) is 3.34. The highest BCUT2D eigenvalue weighted by Crippen LogP contribution is 2.39. The van der Waals surface area contributed by atoms with Crippen LogP contribution in [0.25, 0.3) is 11.0 Å². The van der Waals surface area contributed by atoms with Gasteiger partial charge in [0, 0.05) is 5.92 Å². The number of nitrogens with zero attached hydrogens (tertiary/aromatic N) is 1. The lowest BCUT2D eigenvalue weighted by Gasteiger charge is -2.28. The van der Waals surface area contributed by atoms with Crippen molar-refractivity contribution in [1.82, 2.24) is 9.97 Å². The van der Waals surface area contributed by atoms with Crippen molar-refractivity contribution in [2.24, 2.45) is 11.8 Å². The zero-order chi connectivity index (χ0) is 17.3. The first-order chi connectivity index (χ1) is 11.4. The van der Waals surface area contributed by atoms with Crippen LogP contribution in [-0.2, 0) is 14.3 Å². The molecule has 6 heteroatoms. The average Bonchev–Trinajstić information content (AvgIpc) is 3.05. The number of hydrogen-bond donors (Lipinski definition) is 1. The Kier molecular flexibility index (Phi) is 4.67. The SMILES string of the molecule is CC(C)C[C@@H]1CC(=O)O[C@@]1(C)C(=O)CSc1nc2ccccc2[nH]1. The molecule has 0 saturated carbocycles. The number of H-pyrrole nitrogens is 1. The molecule has 0 bridgehead atoms. The largest absolute Gasteiger partial charge is 0.451 e. The van der Waals surface area contributed by atoms with Crippen molar-refractivity contribution in [2.45, 2.75) is 44.4 Å². The Bertz CT molecular complexity index is 737. The molecule has 1 N–H and O–H groups in total. The minimum absolute atomic E-state index is 0.0474. The van der Waals surface area contributed by atoms with E-state index < -0.39 is 5.60 Å². The molecule has 1 aliphatic rings. The fourth-order valence-electron chi connectivity index (χ4n) is 3.19. The number of carbonyl (C=O) groups excluding carboxylic acids is 2. The highest BCUT2D eigenvalue weighted by Gasteiger charge is 2.50. The number of fused-ring (bicyclic) bond motifs is 1. The van der Waals surface area contributed by atoms with Crippen molar-refractivity contribution >= 4 is 34.5 Å². The molecule has 5 nitrogen and oxygen atoms in total. The maximum Gasteiger partial charge on any atom is 0.307 e. The van der Waals surface area contributed by atoms with Gasteiger partial charge in [-0.25, -0.2) is 4.98 Å². The molecule has 3 rings (SSSR count). The number of esters is 1. The van der Waals surface area contributed by atoms with Gasteiger partial charge in [0.1, 0.15) is 0 Å². The van der Waals surface area contributed by atoms with Crippen molar-refractivity contribution < 1.29 is 14.3 Å². The van der Waals surface area contributed by atoms with Crippen LogP contribution < -0.4 is 0 Å². The van der Waals surface area contributed by atoms with Crippen molar-refractivity contribution in [1.29, 1.82) is 0 Å². The summed E-state index contributed by atoms with van der Waals surface area (Å²) >= 11 is 1.35. The number of ether oxygens (including phenoxy) is 1. The molecule has 1 aromatic carbocycles. The smallest absolute Gasteiger partial charge is 0.307 e. The summed E-state index contributed by atoms with van der Waals surface area (Å²) in [5, 5.41) is 0.706. The highest BCUT2D eigenvalue weighted by molar-refractivity contribution is 7.99. The molecule has 24 heavy (non-hydrogen) atoms. The first-order valence-electron chi connectivity index (χ1n) is 8.21. The summed E-state index contributed by atoms with van der Waals surface area (Å²) in [6, 6.07) is 7.75. The van der Waals surface area contributed by atoms with E-state index in [4.69, 9.17) is 4.74 Å². The summed E-state index contributed by atoms with van der Waals surface area (Å²) in [5.74, 6) is 0.279. The number of nitrogens with one attached hydrogen (secondary N) is 1. The summed E-state index contributed by atoms with van der Waals surface area (Å²) < 4.78 is 5.44. The van der Waals surface area contributed by atoms with Gasteiger partial charge in [0.25, 0.3) is 0 Å². The van der Waals surface area contributed by atoms with Crippen molar-refractivity contribution in [3.63, 3.8) is 0 Å². The number of aromatic amines is 1. The fraction of sp³-hybridized carbons (Fsp3) is 0.500. The number of thioether (sulfide) groups is 1. The zero-order valence-electron chi connectivity index (χ0n) is 14.2. The molecule has 0 amide bonds. The van der Waals surface area contributed by atoms with Crippen LogP contribution in [0.5, 0.6) is 0 Å². The summed E-state index contributed by atoms with van der Waals surface area (Å²) in [6.45, 7) is 5.94. The van der Waals surface area contributed by atoms with Gasteiger partial charge in [-0.3, -0.25) is 9.59 Å². The van der Waals surface area contributed by atoms with Crippen LogP contribution in [-0.4, -0.2) is 33.1 Å². The molecule has 1 aliphatic heterocycles. The van der Waals surface area contributed by atoms with Crippen LogP contribution in [0.4, 0.5) is 0 Å². The Labute approximate surface area is 145 Å². The van der Waals surface area contributed by atoms with E-state index in [0.29, 0.717) is 17.5 Å². The number of carbonyl (C=O) groups is 2. The van der Waals surface area contributed by atoms with Crippen LogP contribution in [0.15, 0.2) is 29.4 Å². The van der Waals surface area contributed by atoms with Crippen LogP contribution in [0.3, 0.4) is 0 Å². The molecule has 1 aromatic heterocycles. The van der Waals surface area contributed by atoms with E-state index in [1.807, 2.05) is 24.3 Å². The second-order valence-corrected chi connectivity index (χ2v) is 7.85. The quantitative estimate of drug-likeness (QED) is 0.639. The van der Waals surface area contributed by atoms with E-state index in [2.05, 4.69) is 23.8 Å². The van der Waals surface area contributed by atoms with E-state index in [1.165, 1.54) is 11.8 Å². The molecule has 1 fully saturated rings. The number of cyclic esters (lactones) is 1. The molecule has 2 atom stereocenters. The minimum atomic E-state index is -1.01. The third-order valence-corrected chi connectivity index (χ3v) is 5.41. The molecule has 0 spiro atoms. The lowest BCUT2D eigenvalue weighted by molar-refractivity contribution is -0.156. The minimum Gasteiger partial charge on any atom is -0.451 e. The van der Waals surface area contributed by atoms with Gasteiger partial charge in [0.15, 0.2) is 16.5 Å². The second kappa shape index (κ2) is 6.59. The average molecular weight is 346 g/mol. The lowest BCUT2D eigenvalue weighted by Crippen LogP contribution is -2.42. The number of rotatable bonds is 6. The van der Waals surface area contributed by atoms with Crippen LogP contribution >= 0.6 is 11.8 Å². The number of aromatic nitrogens is 2. The topological polar surface area (TPSA) is 72.1 Å². The third-order valence-electron chi connectivity index (χ3n) is 4.54. The number of hydrogen-bond acceptors (Lipinski definition) is 5. The molecule has 1 saturated heterocycles. The molecule has 0 unspecified atom stereocenters. The first-order valence-corrected chi connectivity index (χ1v) is 9.19. The molecule has 0 aliphatic carbocycles. The van der Waals surface area contributed by atoms with Gasteiger partial charge < -0.3 is 9.72 Å². The second-order valence-electron chi connectivity index (χ2n) is 6.88. The predicted octanol–water partition coefficient (Wildman–Crippen LogP) is 3.59. The number of imidazole rings is 1. The highest BCUT2D eigenvalue weighted by atomic mass is 32.2. The zero-order valence-corrected chi connectivity index (χ0v) is 15.0. The van der Waals surface area contributed by atoms with E-state index >= 15 is 0 Å². The number of para-hydroxylation sites is 2. The number of Topliss-reactive ketones (excluding diaryl/α,β-unsaturated/α-hetero) is 1. The van der Waals surface area contributed by atoms with Gasteiger partial charge in [-0.2, -0.15) is 0 Å². The number of ketones is 1. The molecule has 0 radical (unpaired) electrons. The van der Waals surface area contributed by atoms with Crippen LogP contribution in [0, 0.1) is 11.8 Å². The number of benzene rings is 1. The molecular weight excluding hydrogens is 324 g/mol. The summed E-state index contributed by atoms with van der Waals surface area (Å²) in [7, 11) is 0. The molecule has 2 heterocycles. The Morgan fingerprint density at radius 2 is 2.21 bits per heavy atom. The van der Waals surface area contributed by atoms with Gasteiger partial charge in [-0.1, -0.05) is 37.7 Å².